The van der Waals surface area contributed by atoms with Crippen molar-refractivity contribution in [3.05, 3.63) is 68.9 Å². The van der Waals surface area contributed by atoms with Gasteiger partial charge in [0.1, 0.15) is 12.2 Å². The first-order valence-corrected chi connectivity index (χ1v) is 8.95. The fraction of sp³-hybridized carbons (Fsp3) is 0.250. The molecule has 0 spiro atoms. The molecule has 7 nitrogen and oxygen atoms in total. The van der Waals surface area contributed by atoms with Crippen molar-refractivity contribution < 1.29 is 23.6 Å². The van der Waals surface area contributed by atoms with Crippen molar-refractivity contribution in [3.8, 4) is 5.75 Å². The second-order valence-corrected chi connectivity index (χ2v) is 6.90. The predicted octanol–water partition coefficient (Wildman–Crippen LogP) is 5.09. The predicted molar refractivity (Wildman–Crippen MR) is 104 cm³/mol. The zero-order valence-electron chi connectivity index (χ0n) is 15.3. The van der Waals surface area contributed by atoms with E-state index in [0.717, 1.165) is 11.1 Å². The van der Waals surface area contributed by atoms with E-state index in [-0.39, 0.29) is 30.1 Å². The first kappa shape index (κ1) is 19.7. The van der Waals surface area contributed by atoms with Crippen LogP contribution in [-0.2, 0) is 9.53 Å². The number of carbonyl (C=O) groups excluding carboxylic acids is 1. The standard InChI is InChI=1S/C20H18ClNO6/c1-12(2)28-20-7-15-17(10-27-19(15)8-18(20)22(24)25)16(9-26-11-23)13-3-5-14(21)6-4-13/h3-8,10-12,16H,9H2,1-2H3. The summed E-state index contributed by atoms with van der Waals surface area (Å²) in [4.78, 5) is 21.6. The van der Waals surface area contributed by atoms with Crippen LogP contribution in [-0.4, -0.2) is 24.1 Å². The number of halogens is 1. The van der Waals surface area contributed by atoms with Gasteiger partial charge >= 0.3 is 5.69 Å². The maximum Gasteiger partial charge on any atom is 0.314 e. The highest BCUT2D eigenvalue weighted by Gasteiger charge is 2.25. The van der Waals surface area contributed by atoms with Crippen molar-refractivity contribution >= 4 is 34.7 Å². The van der Waals surface area contributed by atoms with E-state index in [9.17, 15) is 14.9 Å². The summed E-state index contributed by atoms with van der Waals surface area (Å²) in [6.45, 7) is 4.04. The molecule has 0 amide bonds. The zero-order chi connectivity index (χ0) is 20.3. The van der Waals surface area contributed by atoms with E-state index in [0.29, 0.717) is 22.5 Å². The normalized spacial score (nSPS) is 12.1. The van der Waals surface area contributed by atoms with Gasteiger partial charge in [0.25, 0.3) is 6.47 Å². The quantitative estimate of drug-likeness (QED) is 0.295. The first-order chi connectivity index (χ1) is 13.4. The summed E-state index contributed by atoms with van der Waals surface area (Å²) in [6, 6.07) is 10.1. The number of benzene rings is 2. The van der Waals surface area contributed by atoms with Gasteiger partial charge in [-0.15, -0.1) is 0 Å². The number of nitrogens with zero attached hydrogens (tertiary/aromatic N) is 1. The van der Waals surface area contributed by atoms with E-state index >= 15 is 0 Å². The van der Waals surface area contributed by atoms with Crippen molar-refractivity contribution in [2.45, 2.75) is 25.9 Å². The summed E-state index contributed by atoms with van der Waals surface area (Å²) < 4.78 is 16.2. The Bertz CT molecular complexity index is 996. The Hall–Kier alpha value is -3.06. The lowest BCUT2D eigenvalue weighted by atomic mass is 9.91. The maximum atomic E-state index is 11.4. The molecule has 0 aliphatic heterocycles. The summed E-state index contributed by atoms with van der Waals surface area (Å²) in [5, 5.41) is 12.6. The Kier molecular flexibility index (Phi) is 5.84. The van der Waals surface area contributed by atoms with Crippen molar-refractivity contribution in [3.63, 3.8) is 0 Å². The Morgan fingerprint density at radius 2 is 1.96 bits per heavy atom. The maximum absolute atomic E-state index is 11.4. The summed E-state index contributed by atoms with van der Waals surface area (Å²) in [7, 11) is 0. The molecule has 0 fully saturated rings. The lowest BCUT2D eigenvalue weighted by Crippen LogP contribution is -2.09. The second kappa shape index (κ2) is 8.31. The molecule has 0 saturated heterocycles. The molecule has 146 valence electrons. The van der Waals surface area contributed by atoms with Crippen LogP contribution in [0.1, 0.15) is 30.9 Å². The molecule has 2 aromatic carbocycles. The fourth-order valence-corrected chi connectivity index (χ4v) is 3.15. The van der Waals surface area contributed by atoms with Crippen LogP contribution < -0.4 is 4.74 Å². The van der Waals surface area contributed by atoms with Crippen molar-refractivity contribution in [1.82, 2.24) is 0 Å². The van der Waals surface area contributed by atoms with Crippen molar-refractivity contribution in [1.29, 1.82) is 0 Å². The molecule has 8 heteroatoms. The molecule has 0 radical (unpaired) electrons. The van der Waals surface area contributed by atoms with Gasteiger partial charge < -0.3 is 13.9 Å². The number of rotatable bonds is 8. The number of carbonyl (C=O) groups is 1. The van der Waals surface area contributed by atoms with Crippen LogP contribution in [0.25, 0.3) is 11.0 Å². The highest BCUT2D eigenvalue weighted by Crippen LogP contribution is 2.39. The molecule has 0 aliphatic rings. The van der Waals surface area contributed by atoms with Gasteiger partial charge in [-0.3, -0.25) is 14.9 Å². The third-order valence-electron chi connectivity index (χ3n) is 4.22. The van der Waals surface area contributed by atoms with Crippen LogP contribution in [0.2, 0.25) is 5.02 Å². The number of nitro benzene ring substituents is 1. The van der Waals surface area contributed by atoms with E-state index in [1.807, 2.05) is 12.1 Å². The molecule has 0 N–H and O–H groups in total. The van der Waals surface area contributed by atoms with Crippen LogP contribution >= 0.6 is 11.6 Å². The zero-order valence-corrected chi connectivity index (χ0v) is 16.0. The number of nitro groups is 1. The Labute approximate surface area is 165 Å². The number of furan rings is 1. The Balaban J connectivity index is 2.14. The average Bonchev–Trinajstić information content (AvgIpc) is 3.05. The smallest absolute Gasteiger partial charge is 0.314 e. The molecule has 1 unspecified atom stereocenters. The van der Waals surface area contributed by atoms with Gasteiger partial charge in [0.2, 0.25) is 0 Å². The summed E-state index contributed by atoms with van der Waals surface area (Å²) in [6.07, 6.45) is 1.28. The van der Waals surface area contributed by atoms with Gasteiger partial charge in [0.05, 0.1) is 23.4 Å². The summed E-state index contributed by atoms with van der Waals surface area (Å²) in [5.74, 6) is -0.182. The molecule has 0 aliphatic carbocycles. The van der Waals surface area contributed by atoms with Gasteiger partial charge in [-0.1, -0.05) is 23.7 Å². The third kappa shape index (κ3) is 4.09. The summed E-state index contributed by atoms with van der Waals surface area (Å²) in [5.41, 5.74) is 1.76. The number of fused-ring (bicyclic) bond motifs is 1. The van der Waals surface area contributed by atoms with Gasteiger partial charge in [-0.25, -0.2) is 0 Å². The Morgan fingerprint density at radius 1 is 1.25 bits per heavy atom. The highest BCUT2D eigenvalue weighted by molar-refractivity contribution is 6.30. The molecule has 1 aromatic heterocycles. The van der Waals surface area contributed by atoms with E-state index in [2.05, 4.69) is 0 Å². The number of hydrogen-bond donors (Lipinski definition) is 0. The third-order valence-corrected chi connectivity index (χ3v) is 4.48. The SMILES string of the molecule is CC(C)Oc1cc2c(C(COC=O)c3ccc(Cl)cc3)coc2cc1[N+](=O)[O-]. The van der Waals surface area contributed by atoms with Crippen LogP contribution in [0.3, 0.4) is 0 Å². The molecular weight excluding hydrogens is 386 g/mol. The second-order valence-electron chi connectivity index (χ2n) is 6.46. The minimum absolute atomic E-state index is 0.0805. The fourth-order valence-electron chi connectivity index (χ4n) is 3.02. The molecule has 3 aromatic rings. The summed E-state index contributed by atoms with van der Waals surface area (Å²) >= 11 is 5.97. The molecule has 28 heavy (non-hydrogen) atoms. The molecule has 3 rings (SSSR count). The minimum atomic E-state index is -0.508. The highest BCUT2D eigenvalue weighted by atomic mass is 35.5. The van der Waals surface area contributed by atoms with Crippen LogP contribution in [0.5, 0.6) is 5.75 Å². The number of ether oxygens (including phenoxy) is 2. The molecule has 1 atom stereocenters. The molecular formula is C20H18ClNO6. The van der Waals surface area contributed by atoms with E-state index in [1.54, 1.807) is 32.0 Å². The minimum Gasteiger partial charge on any atom is -0.484 e. The average molecular weight is 404 g/mol. The van der Waals surface area contributed by atoms with Gasteiger partial charge in [-0.05, 0) is 37.6 Å². The molecule has 1 heterocycles. The van der Waals surface area contributed by atoms with Gasteiger partial charge in [-0.2, -0.15) is 0 Å². The van der Waals surface area contributed by atoms with Gasteiger partial charge in [0.15, 0.2) is 5.75 Å². The van der Waals surface area contributed by atoms with Crippen LogP contribution in [0.15, 0.2) is 47.1 Å². The van der Waals surface area contributed by atoms with E-state index in [1.165, 1.54) is 12.3 Å². The van der Waals surface area contributed by atoms with Crippen LogP contribution in [0.4, 0.5) is 5.69 Å². The molecule has 0 bridgehead atoms. The van der Waals surface area contributed by atoms with Crippen molar-refractivity contribution in [2.24, 2.45) is 0 Å². The van der Waals surface area contributed by atoms with E-state index < -0.39 is 4.92 Å². The van der Waals surface area contributed by atoms with Crippen LogP contribution in [0, 0.1) is 10.1 Å². The monoisotopic (exact) mass is 403 g/mol. The van der Waals surface area contributed by atoms with Crippen molar-refractivity contribution in [2.75, 3.05) is 6.61 Å². The number of hydrogen-bond acceptors (Lipinski definition) is 6. The lowest BCUT2D eigenvalue weighted by Gasteiger charge is -2.16. The topological polar surface area (TPSA) is 91.8 Å². The molecule has 0 saturated carbocycles. The Morgan fingerprint density at radius 3 is 2.57 bits per heavy atom. The van der Waals surface area contributed by atoms with E-state index in [4.69, 9.17) is 25.5 Å². The largest absolute Gasteiger partial charge is 0.484 e. The first-order valence-electron chi connectivity index (χ1n) is 8.57. The lowest BCUT2D eigenvalue weighted by molar-refractivity contribution is -0.385. The van der Waals surface area contributed by atoms with Gasteiger partial charge in [0, 0.05) is 21.9 Å².